The Morgan fingerprint density at radius 3 is 2.50 bits per heavy atom. The Hall–Kier alpha value is -2.40. The standard InChI is InChI=1S/C17H16FNO3/c18-16-12(8-19-9-13(10-19)17(21)22)2-1-3-15(16)11-4-6-14(20)7-5-11/h1-7,13,20H,8-10H2,(H,21,22). The van der Waals surface area contributed by atoms with E-state index >= 15 is 0 Å². The van der Waals surface area contributed by atoms with Gasteiger partial charge in [0.2, 0.25) is 0 Å². The quantitative estimate of drug-likeness (QED) is 0.911. The van der Waals surface area contributed by atoms with Crippen LogP contribution in [0.4, 0.5) is 4.39 Å². The highest BCUT2D eigenvalue weighted by molar-refractivity contribution is 5.71. The molecule has 2 N–H and O–H groups in total. The zero-order valence-electron chi connectivity index (χ0n) is 11.9. The van der Waals surface area contributed by atoms with E-state index in [1.165, 1.54) is 12.1 Å². The van der Waals surface area contributed by atoms with E-state index in [1.54, 1.807) is 30.3 Å². The van der Waals surface area contributed by atoms with Crippen molar-refractivity contribution >= 4 is 5.97 Å². The molecule has 0 radical (unpaired) electrons. The number of carbonyl (C=O) groups is 1. The molecule has 0 aliphatic carbocycles. The highest BCUT2D eigenvalue weighted by atomic mass is 19.1. The summed E-state index contributed by atoms with van der Waals surface area (Å²) in [6.45, 7) is 1.32. The van der Waals surface area contributed by atoms with E-state index in [9.17, 15) is 14.3 Å². The van der Waals surface area contributed by atoms with Gasteiger partial charge in [0.1, 0.15) is 11.6 Å². The highest BCUT2D eigenvalue weighted by Gasteiger charge is 2.32. The van der Waals surface area contributed by atoms with Crippen molar-refractivity contribution < 1.29 is 19.4 Å². The first-order chi connectivity index (χ1) is 10.5. The Balaban J connectivity index is 1.78. The average Bonchev–Trinajstić information content (AvgIpc) is 2.44. The van der Waals surface area contributed by atoms with Gasteiger partial charge < -0.3 is 10.2 Å². The molecule has 0 spiro atoms. The molecule has 114 valence electrons. The van der Waals surface area contributed by atoms with Crippen molar-refractivity contribution in [2.45, 2.75) is 6.54 Å². The van der Waals surface area contributed by atoms with Crippen LogP contribution < -0.4 is 0 Å². The zero-order valence-corrected chi connectivity index (χ0v) is 11.9. The summed E-state index contributed by atoms with van der Waals surface area (Å²) in [4.78, 5) is 12.7. The molecule has 1 fully saturated rings. The van der Waals surface area contributed by atoms with E-state index in [2.05, 4.69) is 0 Å². The number of likely N-dealkylation sites (tertiary alicyclic amines) is 1. The summed E-state index contributed by atoms with van der Waals surface area (Å²) in [7, 11) is 0. The van der Waals surface area contributed by atoms with Crippen molar-refractivity contribution in [1.82, 2.24) is 4.90 Å². The fourth-order valence-electron chi connectivity index (χ4n) is 2.66. The topological polar surface area (TPSA) is 60.8 Å². The van der Waals surface area contributed by atoms with Crippen LogP contribution in [-0.4, -0.2) is 34.2 Å². The molecule has 0 aromatic heterocycles. The van der Waals surface area contributed by atoms with Crippen LogP contribution in [0.2, 0.25) is 0 Å². The molecule has 22 heavy (non-hydrogen) atoms. The molecule has 0 saturated carbocycles. The lowest BCUT2D eigenvalue weighted by molar-refractivity contribution is -0.147. The first-order valence-electron chi connectivity index (χ1n) is 7.06. The number of aromatic hydroxyl groups is 1. The van der Waals surface area contributed by atoms with Crippen molar-refractivity contribution in [3.63, 3.8) is 0 Å². The SMILES string of the molecule is O=C(O)C1CN(Cc2cccc(-c3ccc(O)cc3)c2F)C1. The van der Waals surface area contributed by atoms with E-state index in [-0.39, 0.29) is 17.5 Å². The van der Waals surface area contributed by atoms with Crippen molar-refractivity contribution in [3.8, 4) is 16.9 Å². The van der Waals surface area contributed by atoms with Gasteiger partial charge in [-0.25, -0.2) is 4.39 Å². The van der Waals surface area contributed by atoms with Crippen molar-refractivity contribution in [2.75, 3.05) is 13.1 Å². The molecule has 0 unspecified atom stereocenters. The minimum atomic E-state index is -0.797. The molecule has 0 atom stereocenters. The third-order valence-electron chi connectivity index (χ3n) is 3.96. The Morgan fingerprint density at radius 1 is 1.18 bits per heavy atom. The second-order valence-corrected chi connectivity index (χ2v) is 5.55. The third kappa shape index (κ3) is 2.80. The lowest BCUT2D eigenvalue weighted by Gasteiger charge is -2.36. The molecule has 2 aromatic carbocycles. The second-order valence-electron chi connectivity index (χ2n) is 5.55. The van der Waals surface area contributed by atoms with Crippen LogP contribution in [0.25, 0.3) is 11.1 Å². The van der Waals surface area contributed by atoms with Gasteiger partial charge in [-0.15, -0.1) is 0 Å². The van der Waals surface area contributed by atoms with Gasteiger partial charge in [0, 0.05) is 30.8 Å². The molecule has 3 rings (SSSR count). The third-order valence-corrected chi connectivity index (χ3v) is 3.96. The summed E-state index contributed by atoms with van der Waals surface area (Å²) in [6.07, 6.45) is 0. The summed E-state index contributed by atoms with van der Waals surface area (Å²) in [6, 6.07) is 11.6. The molecular weight excluding hydrogens is 285 g/mol. The minimum Gasteiger partial charge on any atom is -0.508 e. The minimum absolute atomic E-state index is 0.139. The lowest BCUT2D eigenvalue weighted by atomic mass is 9.97. The van der Waals surface area contributed by atoms with Crippen LogP contribution >= 0.6 is 0 Å². The summed E-state index contributed by atoms with van der Waals surface area (Å²) in [5, 5.41) is 18.2. The normalized spacial score (nSPS) is 15.5. The number of carboxylic acid groups (broad SMARTS) is 1. The average molecular weight is 301 g/mol. The van der Waals surface area contributed by atoms with E-state index in [0.717, 1.165) is 0 Å². The maximum Gasteiger partial charge on any atom is 0.309 e. The molecule has 4 nitrogen and oxygen atoms in total. The van der Waals surface area contributed by atoms with Gasteiger partial charge >= 0.3 is 5.97 Å². The first kappa shape index (κ1) is 14.5. The fourth-order valence-corrected chi connectivity index (χ4v) is 2.66. The van der Waals surface area contributed by atoms with Crippen molar-refractivity contribution in [1.29, 1.82) is 0 Å². The van der Waals surface area contributed by atoms with Gasteiger partial charge in [0.15, 0.2) is 0 Å². The second kappa shape index (κ2) is 5.77. The molecule has 0 bridgehead atoms. The maximum atomic E-state index is 14.6. The Labute approximate surface area is 127 Å². The van der Waals surface area contributed by atoms with E-state index < -0.39 is 5.97 Å². The lowest BCUT2D eigenvalue weighted by Crippen LogP contribution is -2.49. The zero-order chi connectivity index (χ0) is 15.7. The van der Waals surface area contributed by atoms with E-state index in [4.69, 9.17) is 5.11 Å². The van der Waals surface area contributed by atoms with E-state index in [0.29, 0.717) is 36.3 Å². The monoisotopic (exact) mass is 301 g/mol. The molecule has 1 saturated heterocycles. The number of phenols is 1. The Kier molecular flexibility index (Phi) is 3.81. The number of phenolic OH excluding ortho intramolecular Hbond substituents is 1. The Bertz CT molecular complexity index is 694. The molecule has 1 heterocycles. The molecule has 1 aliphatic rings. The fraction of sp³-hybridized carbons (Fsp3) is 0.235. The number of aliphatic carboxylic acids is 1. The van der Waals surface area contributed by atoms with Crippen LogP contribution in [0.15, 0.2) is 42.5 Å². The van der Waals surface area contributed by atoms with Gasteiger partial charge in [-0.1, -0.05) is 30.3 Å². The van der Waals surface area contributed by atoms with E-state index in [1.807, 2.05) is 4.90 Å². The predicted octanol–water partition coefficient (Wildman–Crippen LogP) is 2.71. The molecular formula is C17H16FNO3. The van der Waals surface area contributed by atoms with Crippen LogP contribution in [0.3, 0.4) is 0 Å². The van der Waals surface area contributed by atoms with Crippen molar-refractivity contribution in [3.05, 3.63) is 53.8 Å². The number of carboxylic acids is 1. The first-order valence-corrected chi connectivity index (χ1v) is 7.06. The number of nitrogens with zero attached hydrogens (tertiary/aromatic N) is 1. The number of benzene rings is 2. The van der Waals surface area contributed by atoms with Crippen LogP contribution in [0.1, 0.15) is 5.56 Å². The molecule has 2 aromatic rings. The largest absolute Gasteiger partial charge is 0.508 e. The summed E-state index contributed by atoms with van der Waals surface area (Å²) < 4.78 is 14.6. The van der Waals surface area contributed by atoms with Crippen LogP contribution in [0.5, 0.6) is 5.75 Å². The Morgan fingerprint density at radius 2 is 1.86 bits per heavy atom. The van der Waals surface area contributed by atoms with Gasteiger partial charge in [-0.05, 0) is 17.7 Å². The summed E-state index contributed by atoms with van der Waals surface area (Å²) in [5.41, 5.74) is 1.73. The van der Waals surface area contributed by atoms with Gasteiger partial charge in [0.25, 0.3) is 0 Å². The molecule has 0 amide bonds. The maximum absolute atomic E-state index is 14.6. The van der Waals surface area contributed by atoms with Crippen LogP contribution in [-0.2, 0) is 11.3 Å². The molecule has 5 heteroatoms. The molecule has 1 aliphatic heterocycles. The summed E-state index contributed by atoms with van der Waals surface area (Å²) >= 11 is 0. The highest BCUT2D eigenvalue weighted by Crippen LogP contribution is 2.28. The number of halogens is 1. The van der Waals surface area contributed by atoms with Gasteiger partial charge in [-0.3, -0.25) is 9.69 Å². The van der Waals surface area contributed by atoms with Crippen molar-refractivity contribution in [2.24, 2.45) is 5.92 Å². The number of hydrogen-bond acceptors (Lipinski definition) is 3. The smallest absolute Gasteiger partial charge is 0.309 e. The number of rotatable bonds is 4. The summed E-state index contributed by atoms with van der Waals surface area (Å²) in [5.74, 6) is -1.30. The van der Waals surface area contributed by atoms with Gasteiger partial charge in [-0.2, -0.15) is 0 Å². The number of hydrogen-bond donors (Lipinski definition) is 2. The van der Waals surface area contributed by atoms with Crippen LogP contribution in [0, 0.1) is 11.7 Å². The predicted molar refractivity (Wildman–Crippen MR) is 79.9 cm³/mol. The van der Waals surface area contributed by atoms with Gasteiger partial charge in [0.05, 0.1) is 5.92 Å².